The number of benzene rings is 1. The summed E-state index contributed by atoms with van der Waals surface area (Å²) in [5.41, 5.74) is 1.70. The highest BCUT2D eigenvalue weighted by Crippen LogP contribution is 2.37. The lowest BCUT2D eigenvalue weighted by atomic mass is 9.71. The van der Waals surface area contributed by atoms with Gasteiger partial charge < -0.3 is 19.9 Å². The molecule has 3 aromatic rings. The normalized spacial score (nSPS) is 18.8. The number of methoxy groups -OCH3 is 1. The predicted molar refractivity (Wildman–Crippen MR) is 140 cm³/mol. The van der Waals surface area contributed by atoms with Crippen molar-refractivity contribution in [1.82, 2.24) is 25.0 Å². The summed E-state index contributed by atoms with van der Waals surface area (Å²) in [7, 11) is 3.35. The number of amides is 1. The number of rotatable bonds is 8. The van der Waals surface area contributed by atoms with Crippen LogP contribution in [0.1, 0.15) is 52.9 Å². The summed E-state index contributed by atoms with van der Waals surface area (Å²) in [5.74, 6) is 1.39. The lowest BCUT2D eigenvalue weighted by Crippen LogP contribution is -2.37. The van der Waals surface area contributed by atoms with Gasteiger partial charge in [-0.2, -0.15) is 5.10 Å². The van der Waals surface area contributed by atoms with Gasteiger partial charge in [-0.3, -0.25) is 14.3 Å². The van der Waals surface area contributed by atoms with Gasteiger partial charge in [-0.1, -0.05) is 20.8 Å². The molecule has 4 rings (SSSR count). The molecule has 2 heterocycles. The van der Waals surface area contributed by atoms with Gasteiger partial charge in [0.25, 0.3) is 5.56 Å². The number of hydrogen-bond acceptors (Lipinski definition) is 5. The predicted octanol–water partition coefficient (Wildman–Crippen LogP) is 3.60. The molecule has 1 saturated carbocycles. The number of ether oxygens (including phenoxy) is 1. The maximum Gasteiger partial charge on any atom is 0.261 e. The van der Waals surface area contributed by atoms with Crippen LogP contribution in [0.4, 0.5) is 0 Å². The highest BCUT2D eigenvalue weighted by atomic mass is 16.5. The van der Waals surface area contributed by atoms with Crippen LogP contribution in [0, 0.1) is 11.3 Å². The fourth-order valence-electron chi connectivity index (χ4n) is 5.34. The molecule has 35 heavy (non-hydrogen) atoms. The molecule has 1 aromatic carbocycles. The summed E-state index contributed by atoms with van der Waals surface area (Å²) in [5, 5.41) is 12.3. The standard InChI is InChI=1S/C27H39N5O3/c1-27(2,3)18-7-9-19(10-8-18)28-13-6-14-29-24(33)17-32-25-21-15-20(35-5)11-12-23(21)31(4)26(34)22(25)16-30-32/h11-12,15-16,18-19,28H,6-10,13-14,17H2,1-5H3,(H,29,33). The second-order valence-electron chi connectivity index (χ2n) is 10.9. The Hall–Kier alpha value is -2.87. The molecular weight excluding hydrogens is 442 g/mol. The van der Waals surface area contributed by atoms with E-state index in [1.165, 1.54) is 25.7 Å². The van der Waals surface area contributed by atoms with E-state index in [0.717, 1.165) is 29.8 Å². The number of carbonyl (C=O) groups excluding carboxylic acids is 1. The highest BCUT2D eigenvalue weighted by molar-refractivity contribution is 6.04. The SMILES string of the molecule is COc1ccc2c(c1)c1c(cnn1CC(=O)NCCCNC1CCC(C(C)(C)C)CC1)c(=O)n2C. The van der Waals surface area contributed by atoms with E-state index in [4.69, 9.17) is 4.74 Å². The zero-order chi connectivity index (χ0) is 25.2. The van der Waals surface area contributed by atoms with Crippen LogP contribution in [-0.4, -0.2) is 46.5 Å². The molecule has 0 atom stereocenters. The van der Waals surface area contributed by atoms with Gasteiger partial charge in [-0.05, 0) is 68.2 Å². The summed E-state index contributed by atoms with van der Waals surface area (Å²) in [6.07, 6.45) is 7.48. The second kappa shape index (κ2) is 10.4. The molecule has 0 spiro atoms. The molecule has 1 aliphatic carbocycles. The number of aryl methyl sites for hydroxylation is 1. The zero-order valence-corrected chi connectivity index (χ0v) is 21.7. The Balaban J connectivity index is 1.32. The van der Waals surface area contributed by atoms with Crippen LogP contribution < -0.4 is 20.9 Å². The van der Waals surface area contributed by atoms with Crippen LogP contribution in [0.2, 0.25) is 0 Å². The highest BCUT2D eigenvalue weighted by Gasteiger charge is 2.29. The molecule has 1 amide bonds. The van der Waals surface area contributed by atoms with E-state index in [1.807, 2.05) is 18.2 Å². The van der Waals surface area contributed by atoms with Gasteiger partial charge in [0.05, 0.1) is 29.7 Å². The Morgan fingerprint density at radius 3 is 2.57 bits per heavy atom. The van der Waals surface area contributed by atoms with Crippen molar-refractivity contribution in [2.75, 3.05) is 20.2 Å². The molecule has 1 fully saturated rings. The van der Waals surface area contributed by atoms with Crippen molar-refractivity contribution in [2.45, 2.75) is 65.5 Å². The van der Waals surface area contributed by atoms with Gasteiger partial charge in [-0.15, -0.1) is 0 Å². The molecule has 0 radical (unpaired) electrons. The third-order valence-electron chi connectivity index (χ3n) is 7.55. The van der Waals surface area contributed by atoms with E-state index in [0.29, 0.717) is 34.7 Å². The summed E-state index contributed by atoms with van der Waals surface area (Å²) in [6, 6.07) is 6.15. The van der Waals surface area contributed by atoms with E-state index in [-0.39, 0.29) is 18.0 Å². The first-order valence-electron chi connectivity index (χ1n) is 12.7. The van der Waals surface area contributed by atoms with Crippen LogP contribution in [0.3, 0.4) is 0 Å². The van der Waals surface area contributed by atoms with Gasteiger partial charge in [0.1, 0.15) is 12.3 Å². The Kier molecular flexibility index (Phi) is 7.50. The Bertz CT molecular complexity index is 1250. The lowest BCUT2D eigenvalue weighted by Gasteiger charge is -2.37. The van der Waals surface area contributed by atoms with Crippen LogP contribution in [-0.2, 0) is 18.4 Å². The fourth-order valence-corrected chi connectivity index (χ4v) is 5.34. The van der Waals surface area contributed by atoms with Crippen molar-refractivity contribution in [1.29, 1.82) is 0 Å². The number of aromatic nitrogens is 3. The minimum atomic E-state index is -0.132. The van der Waals surface area contributed by atoms with Crippen molar-refractivity contribution in [3.8, 4) is 5.75 Å². The molecule has 0 unspecified atom stereocenters. The molecule has 190 valence electrons. The second-order valence-corrected chi connectivity index (χ2v) is 10.9. The first kappa shape index (κ1) is 25.2. The summed E-state index contributed by atoms with van der Waals surface area (Å²) < 4.78 is 8.59. The van der Waals surface area contributed by atoms with E-state index in [9.17, 15) is 9.59 Å². The molecule has 1 aliphatic rings. The average Bonchev–Trinajstić information content (AvgIpc) is 3.25. The third-order valence-corrected chi connectivity index (χ3v) is 7.55. The summed E-state index contributed by atoms with van der Waals surface area (Å²) >= 11 is 0. The maximum atomic E-state index is 12.8. The van der Waals surface area contributed by atoms with Gasteiger partial charge >= 0.3 is 0 Å². The number of carbonyl (C=O) groups is 1. The van der Waals surface area contributed by atoms with E-state index < -0.39 is 0 Å². The summed E-state index contributed by atoms with van der Waals surface area (Å²) in [6.45, 7) is 8.61. The third kappa shape index (κ3) is 5.53. The summed E-state index contributed by atoms with van der Waals surface area (Å²) in [4.78, 5) is 25.5. The molecule has 8 heteroatoms. The van der Waals surface area contributed by atoms with Gasteiger partial charge in [-0.25, -0.2) is 0 Å². The van der Waals surface area contributed by atoms with E-state index in [2.05, 4.69) is 36.5 Å². The van der Waals surface area contributed by atoms with Crippen molar-refractivity contribution in [2.24, 2.45) is 18.4 Å². The zero-order valence-electron chi connectivity index (χ0n) is 21.7. The quantitative estimate of drug-likeness (QED) is 0.480. The molecule has 0 bridgehead atoms. The number of nitrogens with zero attached hydrogens (tertiary/aromatic N) is 3. The number of hydrogen-bond donors (Lipinski definition) is 2. The van der Waals surface area contributed by atoms with E-state index >= 15 is 0 Å². The Morgan fingerprint density at radius 1 is 1.14 bits per heavy atom. The van der Waals surface area contributed by atoms with Gasteiger partial charge in [0.2, 0.25) is 5.91 Å². The monoisotopic (exact) mass is 481 g/mol. The van der Waals surface area contributed by atoms with Crippen LogP contribution in [0.25, 0.3) is 21.8 Å². The average molecular weight is 482 g/mol. The minimum Gasteiger partial charge on any atom is -0.497 e. The smallest absolute Gasteiger partial charge is 0.261 e. The van der Waals surface area contributed by atoms with Gasteiger partial charge in [0.15, 0.2) is 0 Å². The van der Waals surface area contributed by atoms with Gasteiger partial charge in [0, 0.05) is 25.0 Å². The number of nitrogens with one attached hydrogen (secondary N) is 2. The minimum absolute atomic E-state index is 0.0627. The fraction of sp³-hybridized carbons (Fsp3) is 0.593. The van der Waals surface area contributed by atoms with Crippen LogP contribution >= 0.6 is 0 Å². The van der Waals surface area contributed by atoms with Crippen LogP contribution in [0.5, 0.6) is 5.75 Å². The lowest BCUT2D eigenvalue weighted by molar-refractivity contribution is -0.121. The number of fused-ring (bicyclic) bond motifs is 3. The Labute approximate surface area is 207 Å². The number of pyridine rings is 1. The van der Waals surface area contributed by atoms with Crippen molar-refractivity contribution in [3.63, 3.8) is 0 Å². The first-order valence-corrected chi connectivity index (χ1v) is 12.7. The molecule has 2 N–H and O–H groups in total. The van der Waals surface area contributed by atoms with E-state index in [1.54, 1.807) is 29.6 Å². The topological polar surface area (TPSA) is 90.2 Å². The molecule has 0 saturated heterocycles. The molecule has 2 aromatic heterocycles. The Morgan fingerprint density at radius 2 is 1.89 bits per heavy atom. The van der Waals surface area contributed by atoms with Crippen molar-refractivity contribution < 1.29 is 9.53 Å². The first-order chi connectivity index (χ1) is 16.7. The van der Waals surface area contributed by atoms with Crippen molar-refractivity contribution in [3.05, 3.63) is 34.7 Å². The largest absolute Gasteiger partial charge is 0.497 e. The maximum absolute atomic E-state index is 12.8. The van der Waals surface area contributed by atoms with Crippen molar-refractivity contribution >= 4 is 27.7 Å². The molecule has 8 nitrogen and oxygen atoms in total. The van der Waals surface area contributed by atoms with Crippen LogP contribution in [0.15, 0.2) is 29.2 Å². The molecule has 0 aliphatic heterocycles. The molecular formula is C27H39N5O3.